The number of thiophene rings is 1. The van der Waals surface area contributed by atoms with Gasteiger partial charge in [-0.3, -0.25) is 0 Å². The Morgan fingerprint density at radius 3 is 3.07 bits per heavy atom. The highest BCUT2D eigenvalue weighted by Crippen LogP contribution is 2.20. The largest absolute Gasteiger partial charge is 0.314 e. The molecule has 1 saturated carbocycles. The van der Waals surface area contributed by atoms with Gasteiger partial charge in [-0.05, 0) is 56.0 Å². The predicted octanol–water partition coefficient (Wildman–Crippen LogP) is 3.46. The number of aryl methyl sites for hydroxylation is 1. The molecule has 1 aliphatic rings. The Labute approximate surface area is 96.9 Å². The molecule has 15 heavy (non-hydrogen) atoms. The maximum absolute atomic E-state index is 3.60. The topological polar surface area (TPSA) is 12.0 Å². The van der Waals surface area contributed by atoms with Gasteiger partial charge in [-0.1, -0.05) is 13.0 Å². The van der Waals surface area contributed by atoms with Crippen LogP contribution in [0, 0.1) is 5.92 Å². The average molecular weight is 223 g/mol. The van der Waals surface area contributed by atoms with E-state index >= 15 is 0 Å². The van der Waals surface area contributed by atoms with Crippen LogP contribution in [0.1, 0.15) is 37.5 Å². The maximum Gasteiger partial charge on any atom is 0.00683 e. The third-order valence-corrected chi connectivity index (χ3v) is 3.97. The summed E-state index contributed by atoms with van der Waals surface area (Å²) in [6.07, 6.45) is 6.78. The molecule has 1 aromatic heterocycles. The van der Waals surface area contributed by atoms with Gasteiger partial charge in [-0.15, -0.1) is 11.3 Å². The van der Waals surface area contributed by atoms with Crippen LogP contribution in [0.2, 0.25) is 0 Å². The van der Waals surface area contributed by atoms with Crippen molar-refractivity contribution in [3.8, 4) is 0 Å². The van der Waals surface area contributed by atoms with E-state index in [1.807, 2.05) is 11.3 Å². The Balaban J connectivity index is 1.52. The minimum Gasteiger partial charge on any atom is -0.314 e. The van der Waals surface area contributed by atoms with Crippen molar-refractivity contribution in [3.05, 3.63) is 22.4 Å². The normalized spacial score (nSPS) is 17.9. The van der Waals surface area contributed by atoms with Crippen LogP contribution in [-0.4, -0.2) is 12.6 Å². The fourth-order valence-corrected chi connectivity index (χ4v) is 2.59. The van der Waals surface area contributed by atoms with E-state index in [-0.39, 0.29) is 0 Å². The zero-order valence-corrected chi connectivity index (χ0v) is 10.4. The van der Waals surface area contributed by atoms with Crippen LogP contribution < -0.4 is 5.32 Å². The van der Waals surface area contributed by atoms with Crippen molar-refractivity contribution in [2.75, 3.05) is 6.54 Å². The van der Waals surface area contributed by atoms with Gasteiger partial charge < -0.3 is 5.32 Å². The van der Waals surface area contributed by atoms with E-state index in [4.69, 9.17) is 0 Å². The highest BCUT2D eigenvalue weighted by atomic mass is 32.1. The molecule has 0 radical (unpaired) electrons. The van der Waals surface area contributed by atoms with Crippen LogP contribution in [-0.2, 0) is 6.42 Å². The standard InChI is InChI=1S/C13H21NS/c1-11(10-14-12-7-8-12)4-2-5-13-6-3-9-15-13/h3,6,9,11-12,14H,2,4-5,7-8,10H2,1H3. The van der Waals surface area contributed by atoms with Crippen LogP contribution in [0.5, 0.6) is 0 Å². The maximum atomic E-state index is 3.60. The zero-order chi connectivity index (χ0) is 10.5. The molecule has 0 aromatic carbocycles. The van der Waals surface area contributed by atoms with E-state index in [2.05, 4.69) is 29.8 Å². The van der Waals surface area contributed by atoms with Gasteiger partial charge in [0.25, 0.3) is 0 Å². The molecule has 84 valence electrons. The molecule has 0 saturated heterocycles. The first-order valence-corrected chi connectivity index (χ1v) is 6.98. The lowest BCUT2D eigenvalue weighted by molar-refractivity contribution is 0.466. The van der Waals surface area contributed by atoms with Crippen LogP contribution in [0.15, 0.2) is 17.5 Å². The van der Waals surface area contributed by atoms with Gasteiger partial charge in [0.15, 0.2) is 0 Å². The van der Waals surface area contributed by atoms with Crippen LogP contribution >= 0.6 is 11.3 Å². The van der Waals surface area contributed by atoms with E-state index in [1.165, 1.54) is 43.5 Å². The predicted molar refractivity (Wildman–Crippen MR) is 67.4 cm³/mol. The summed E-state index contributed by atoms with van der Waals surface area (Å²) in [5.74, 6) is 0.838. The Morgan fingerprint density at radius 1 is 1.53 bits per heavy atom. The Bertz CT molecular complexity index is 264. The second kappa shape index (κ2) is 5.66. The second-order valence-corrected chi connectivity index (χ2v) is 5.79. The van der Waals surface area contributed by atoms with Gasteiger partial charge in [0.05, 0.1) is 0 Å². The molecule has 2 heteroatoms. The van der Waals surface area contributed by atoms with Crippen molar-refractivity contribution in [1.82, 2.24) is 5.32 Å². The summed E-state index contributed by atoms with van der Waals surface area (Å²) in [6.45, 7) is 3.58. The summed E-state index contributed by atoms with van der Waals surface area (Å²) < 4.78 is 0. The highest BCUT2D eigenvalue weighted by molar-refractivity contribution is 7.09. The molecule has 0 amide bonds. The van der Waals surface area contributed by atoms with E-state index < -0.39 is 0 Å². The molecule has 1 aliphatic carbocycles. The van der Waals surface area contributed by atoms with Crippen molar-refractivity contribution < 1.29 is 0 Å². The molecule has 0 bridgehead atoms. The molecule has 1 heterocycles. The molecular formula is C13H21NS. The first-order valence-electron chi connectivity index (χ1n) is 6.10. The molecule has 1 aromatic rings. The second-order valence-electron chi connectivity index (χ2n) is 4.76. The lowest BCUT2D eigenvalue weighted by Gasteiger charge is -2.11. The van der Waals surface area contributed by atoms with Crippen LogP contribution in [0.3, 0.4) is 0 Å². The molecule has 1 atom stereocenters. The molecule has 1 nitrogen and oxygen atoms in total. The lowest BCUT2D eigenvalue weighted by atomic mass is 10.0. The molecule has 1 fully saturated rings. The number of nitrogens with one attached hydrogen (secondary N) is 1. The van der Waals surface area contributed by atoms with Gasteiger partial charge in [0.2, 0.25) is 0 Å². The van der Waals surface area contributed by atoms with Crippen molar-refractivity contribution in [1.29, 1.82) is 0 Å². The summed E-state index contributed by atoms with van der Waals surface area (Å²) >= 11 is 1.89. The van der Waals surface area contributed by atoms with Crippen LogP contribution in [0.4, 0.5) is 0 Å². The minimum atomic E-state index is 0.838. The lowest BCUT2D eigenvalue weighted by Crippen LogP contribution is -2.23. The van der Waals surface area contributed by atoms with Crippen LogP contribution in [0.25, 0.3) is 0 Å². The number of rotatable bonds is 7. The van der Waals surface area contributed by atoms with Crippen molar-refractivity contribution >= 4 is 11.3 Å². The molecule has 2 rings (SSSR count). The molecule has 0 spiro atoms. The van der Waals surface area contributed by atoms with Gasteiger partial charge in [0, 0.05) is 10.9 Å². The van der Waals surface area contributed by atoms with Gasteiger partial charge in [-0.2, -0.15) is 0 Å². The third kappa shape index (κ3) is 4.35. The van der Waals surface area contributed by atoms with E-state index in [9.17, 15) is 0 Å². The van der Waals surface area contributed by atoms with Crippen molar-refractivity contribution in [3.63, 3.8) is 0 Å². The van der Waals surface area contributed by atoms with E-state index in [0.29, 0.717) is 0 Å². The molecular weight excluding hydrogens is 202 g/mol. The third-order valence-electron chi connectivity index (χ3n) is 3.03. The van der Waals surface area contributed by atoms with Crippen molar-refractivity contribution in [2.24, 2.45) is 5.92 Å². The summed E-state index contributed by atoms with van der Waals surface area (Å²) in [5.41, 5.74) is 0. The molecule has 1 unspecified atom stereocenters. The Morgan fingerprint density at radius 2 is 2.40 bits per heavy atom. The Hall–Kier alpha value is -0.340. The van der Waals surface area contributed by atoms with Gasteiger partial charge >= 0.3 is 0 Å². The number of hydrogen-bond acceptors (Lipinski definition) is 2. The van der Waals surface area contributed by atoms with E-state index in [1.54, 1.807) is 0 Å². The molecule has 1 N–H and O–H groups in total. The average Bonchev–Trinajstić information content (AvgIpc) is 2.92. The molecule has 0 aliphatic heterocycles. The summed E-state index contributed by atoms with van der Waals surface area (Å²) in [4.78, 5) is 1.54. The highest BCUT2D eigenvalue weighted by Gasteiger charge is 2.20. The van der Waals surface area contributed by atoms with Gasteiger partial charge in [0.1, 0.15) is 0 Å². The fraction of sp³-hybridized carbons (Fsp3) is 0.692. The summed E-state index contributed by atoms with van der Waals surface area (Å²) in [6, 6.07) is 5.26. The number of hydrogen-bond donors (Lipinski definition) is 1. The summed E-state index contributed by atoms with van der Waals surface area (Å²) in [7, 11) is 0. The fourth-order valence-electron chi connectivity index (χ4n) is 1.84. The van der Waals surface area contributed by atoms with Crippen molar-refractivity contribution in [2.45, 2.75) is 45.1 Å². The van der Waals surface area contributed by atoms with E-state index in [0.717, 1.165) is 12.0 Å². The first-order chi connectivity index (χ1) is 7.34. The smallest absolute Gasteiger partial charge is 0.00683 e. The zero-order valence-electron chi connectivity index (χ0n) is 9.54. The quantitative estimate of drug-likeness (QED) is 0.746. The Kier molecular flexibility index (Phi) is 4.21. The first kappa shape index (κ1) is 11.2. The monoisotopic (exact) mass is 223 g/mol. The van der Waals surface area contributed by atoms with Gasteiger partial charge in [-0.25, -0.2) is 0 Å². The summed E-state index contributed by atoms with van der Waals surface area (Å²) in [5, 5.41) is 5.78. The SMILES string of the molecule is CC(CCCc1cccs1)CNC1CC1. The minimum absolute atomic E-state index is 0.838.